The molecule has 0 saturated heterocycles. The molecule has 5 nitrogen and oxygen atoms in total. The lowest BCUT2D eigenvalue weighted by atomic mass is 10.0. The van der Waals surface area contributed by atoms with E-state index in [1.807, 2.05) is 20.8 Å². The highest BCUT2D eigenvalue weighted by Gasteiger charge is 2.31. The lowest BCUT2D eigenvalue weighted by Crippen LogP contribution is -2.46. The van der Waals surface area contributed by atoms with Crippen LogP contribution in [-0.2, 0) is 14.3 Å². The first-order chi connectivity index (χ1) is 11.5. The topological polar surface area (TPSA) is 55.8 Å². The van der Waals surface area contributed by atoms with Gasteiger partial charge in [0.05, 0.1) is 13.2 Å². The molecule has 0 rings (SSSR count). The maximum Gasteiger partial charge on any atom is 0.410 e. The maximum atomic E-state index is 12.2. The Hall–Kier alpha value is -1.26. The van der Waals surface area contributed by atoms with Gasteiger partial charge >= 0.3 is 12.1 Å². The van der Waals surface area contributed by atoms with Crippen LogP contribution in [0.25, 0.3) is 0 Å². The minimum absolute atomic E-state index is 0.0225. The molecule has 1 unspecified atom stereocenters. The normalized spacial score (nSPS) is 12.1. The first-order valence-corrected chi connectivity index (χ1v) is 9.51. The Morgan fingerprint density at radius 1 is 0.833 bits per heavy atom. The molecule has 0 heterocycles. The van der Waals surface area contributed by atoms with Crippen LogP contribution in [0.1, 0.15) is 79.1 Å². The van der Waals surface area contributed by atoms with Crippen LogP contribution >= 0.6 is 0 Å². The minimum atomic E-state index is -0.598. The van der Waals surface area contributed by atoms with Gasteiger partial charge in [-0.1, -0.05) is 66.2 Å². The van der Waals surface area contributed by atoms with E-state index in [1.165, 1.54) is 30.6 Å². The first kappa shape index (κ1) is 22.7. The lowest BCUT2D eigenvalue weighted by molar-refractivity contribution is -0.150. The van der Waals surface area contributed by atoms with Crippen molar-refractivity contribution in [1.82, 2.24) is 4.90 Å². The molecule has 1 amide bonds. The van der Waals surface area contributed by atoms with Gasteiger partial charge in [-0.25, -0.2) is 9.59 Å². The molecule has 24 heavy (non-hydrogen) atoms. The molecule has 0 bridgehead atoms. The van der Waals surface area contributed by atoms with Crippen molar-refractivity contribution in [2.75, 3.05) is 20.3 Å². The van der Waals surface area contributed by atoms with Crippen LogP contribution in [0.15, 0.2) is 0 Å². The summed E-state index contributed by atoms with van der Waals surface area (Å²) >= 11 is 0. The van der Waals surface area contributed by atoms with E-state index < -0.39 is 12.1 Å². The van der Waals surface area contributed by atoms with Crippen molar-refractivity contribution < 1.29 is 19.1 Å². The van der Waals surface area contributed by atoms with Crippen LogP contribution in [0, 0.1) is 5.92 Å². The Morgan fingerprint density at radius 3 is 1.96 bits per heavy atom. The number of nitrogens with zero attached hydrogens (tertiary/aromatic N) is 1. The molecule has 0 fully saturated rings. The third-order valence-corrected chi connectivity index (χ3v) is 4.04. The molecule has 0 aromatic heterocycles. The second-order valence-corrected chi connectivity index (χ2v) is 6.70. The van der Waals surface area contributed by atoms with Crippen LogP contribution < -0.4 is 0 Å². The van der Waals surface area contributed by atoms with E-state index in [1.54, 1.807) is 7.05 Å². The van der Waals surface area contributed by atoms with E-state index in [4.69, 9.17) is 9.47 Å². The van der Waals surface area contributed by atoms with Gasteiger partial charge < -0.3 is 9.47 Å². The number of rotatable bonds is 13. The molecular formula is C19H37NO4. The molecule has 5 heteroatoms. The zero-order valence-electron chi connectivity index (χ0n) is 16.3. The summed E-state index contributed by atoms with van der Waals surface area (Å²) in [5.74, 6) is -0.372. The Bertz CT molecular complexity index is 344. The average Bonchev–Trinajstić information content (AvgIpc) is 2.53. The predicted molar refractivity (Wildman–Crippen MR) is 97.0 cm³/mol. The maximum absolute atomic E-state index is 12.2. The highest BCUT2D eigenvalue weighted by molar-refractivity contribution is 5.81. The summed E-state index contributed by atoms with van der Waals surface area (Å²) in [5, 5.41) is 0. The third kappa shape index (κ3) is 9.78. The average molecular weight is 344 g/mol. The fourth-order valence-electron chi connectivity index (χ4n) is 2.54. The summed E-state index contributed by atoms with van der Waals surface area (Å²) in [6.45, 7) is 8.85. The molecule has 0 spiro atoms. The van der Waals surface area contributed by atoms with Gasteiger partial charge in [0.25, 0.3) is 0 Å². The molecule has 0 aliphatic heterocycles. The summed E-state index contributed by atoms with van der Waals surface area (Å²) in [5.41, 5.74) is 0. The van der Waals surface area contributed by atoms with Gasteiger partial charge in [0.15, 0.2) is 0 Å². The third-order valence-electron chi connectivity index (χ3n) is 4.04. The molecule has 0 aromatic rings. The number of carbonyl (C=O) groups excluding carboxylic acids is 2. The molecule has 0 aliphatic rings. The number of carbonyl (C=O) groups is 2. The second kappa shape index (κ2) is 14.1. The van der Waals surface area contributed by atoms with Gasteiger partial charge in [-0.15, -0.1) is 0 Å². The quantitative estimate of drug-likeness (QED) is 0.356. The first-order valence-electron chi connectivity index (χ1n) is 9.51. The predicted octanol–water partition coefficient (Wildman–Crippen LogP) is 4.78. The van der Waals surface area contributed by atoms with Crippen molar-refractivity contribution in [1.29, 1.82) is 0 Å². The standard InChI is InChI=1S/C19H37NO4/c1-6-8-10-11-12-13-15-24-19(22)20(5)17(16(3)4)18(21)23-14-9-7-2/h16-17H,6-15H2,1-5H3. The van der Waals surface area contributed by atoms with E-state index in [0.29, 0.717) is 13.2 Å². The number of esters is 1. The molecule has 0 aliphatic carbocycles. The Morgan fingerprint density at radius 2 is 1.38 bits per heavy atom. The molecule has 0 N–H and O–H groups in total. The summed E-state index contributed by atoms with van der Waals surface area (Å²) in [6, 6.07) is -0.598. The lowest BCUT2D eigenvalue weighted by Gasteiger charge is -2.28. The minimum Gasteiger partial charge on any atom is -0.464 e. The van der Waals surface area contributed by atoms with Crippen LogP contribution in [0.5, 0.6) is 0 Å². The van der Waals surface area contributed by atoms with Gasteiger partial charge in [-0.2, -0.15) is 0 Å². The number of hydrogen-bond acceptors (Lipinski definition) is 4. The van der Waals surface area contributed by atoms with E-state index in [-0.39, 0.29) is 11.9 Å². The monoisotopic (exact) mass is 343 g/mol. The van der Waals surface area contributed by atoms with Crippen molar-refractivity contribution in [3.05, 3.63) is 0 Å². The van der Waals surface area contributed by atoms with Crippen LogP contribution in [0.2, 0.25) is 0 Å². The number of amides is 1. The van der Waals surface area contributed by atoms with Crippen molar-refractivity contribution in [2.24, 2.45) is 5.92 Å². The highest BCUT2D eigenvalue weighted by Crippen LogP contribution is 2.13. The Labute approximate surface area is 148 Å². The zero-order chi connectivity index (χ0) is 18.4. The van der Waals surface area contributed by atoms with E-state index in [9.17, 15) is 9.59 Å². The van der Waals surface area contributed by atoms with Crippen LogP contribution in [0.3, 0.4) is 0 Å². The smallest absolute Gasteiger partial charge is 0.410 e. The Kier molecular flexibility index (Phi) is 13.4. The molecular weight excluding hydrogens is 306 g/mol. The molecule has 142 valence electrons. The molecule has 0 aromatic carbocycles. The fraction of sp³-hybridized carbons (Fsp3) is 0.895. The van der Waals surface area contributed by atoms with E-state index in [0.717, 1.165) is 25.7 Å². The number of unbranched alkanes of at least 4 members (excludes halogenated alkanes) is 6. The van der Waals surface area contributed by atoms with Crippen molar-refractivity contribution in [2.45, 2.75) is 85.1 Å². The molecule has 0 saturated carbocycles. The molecule has 1 atom stereocenters. The highest BCUT2D eigenvalue weighted by atomic mass is 16.6. The van der Waals surface area contributed by atoms with E-state index in [2.05, 4.69) is 6.92 Å². The van der Waals surface area contributed by atoms with Gasteiger partial charge in [0, 0.05) is 7.05 Å². The zero-order valence-corrected chi connectivity index (χ0v) is 16.3. The van der Waals surface area contributed by atoms with Gasteiger partial charge in [0.2, 0.25) is 0 Å². The summed E-state index contributed by atoms with van der Waals surface area (Å²) in [6.07, 6.45) is 8.21. The Balaban J connectivity index is 4.20. The summed E-state index contributed by atoms with van der Waals surface area (Å²) < 4.78 is 10.6. The summed E-state index contributed by atoms with van der Waals surface area (Å²) in [7, 11) is 1.61. The van der Waals surface area contributed by atoms with Crippen molar-refractivity contribution in [3.63, 3.8) is 0 Å². The SMILES string of the molecule is CCCCCCCCOC(=O)N(C)C(C(=O)OCCCC)C(C)C. The van der Waals surface area contributed by atoms with E-state index >= 15 is 0 Å². The number of ether oxygens (including phenoxy) is 2. The van der Waals surface area contributed by atoms with Crippen molar-refractivity contribution >= 4 is 12.1 Å². The fourth-order valence-corrected chi connectivity index (χ4v) is 2.54. The van der Waals surface area contributed by atoms with Gasteiger partial charge in [-0.3, -0.25) is 4.90 Å². The summed E-state index contributed by atoms with van der Waals surface area (Å²) in [4.78, 5) is 25.7. The second-order valence-electron chi connectivity index (χ2n) is 6.70. The number of hydrogen-bond donors (Lipinski definition) is 0. The van der Waals surface area contributed by atoms with Crippen LogP contribution in [-0.4, -0.2) is 43.3 Å². The van der Waals surface area contributed by atoms with Gasteiger partial charge in [0.1, 0.15) is 6.04 Å². The van der Waals surface area contributed by atoms with Gasteiger partial charge in [-0.05, 0) is 18.8 Å². The molecule has 0 radical (unpaired) electrons. The largest absolute Gasteiger partial charge is 0.464 e. The van der Waals surface area contributed by atoms with Crippen molar-refractivity contribution in [3.8, 4) is 0 Å². The number of likely N-dealkylation sites (N-methyl/N-ethyl adjacent to an activating group) is 1. The van der Waals surface area contributed by atoms with Crippen LogP contribution in [0.4, 0.5) is 4.79 Å².